The van der Waals surface area contributed by atoms with Crippen LogP contribution in [0, 0.1) is 0 Å². The summed E-state index contributed by atoms with van der Waals surface area (Å²) >= 11 is 0. The van der Waals surface area contributed by atoms with Crippen molar-refractivity contribution < 1.29 is 27.8 Å². The summed E-state index contributed by atoms with van der Waals surface area (Å²) in [6.45, 7) is 0. The minimum Gasteiger partial charge on any atom is -0.496 e. The van der Waals surface area contributed by atoms with Gasteiger partial charge in [0.1, 0.15) is 11.3 Å². The average Bonchev–Trinajstić information content (AvgIpc) is 2.67. The van der Waals surface area contributed by atoms with E-state index in [0.29, 0.717) is 11.9 Å². The molecular formula is C18H13F3N4O3. The predicted molar refractivity (Wildman–Crippen MR) is 93.5 cm³/mol. The van der Waals surface area contributed by atoms with Crippen molar-refractivity contribution in [2.45, 2.75) is 6.18 Å². The maximum Gasteiger partial charge on any atom is 0.420 e. The third kappa shape index (κ3) is 4.00. The van der Waals surface area contributed by atoms with Gasteiger partial charge in [0.2, 0.25) is 5.95 Å². The highest BCUT2D eigenvalue weighted by molar-refractivity contribution is 5.88. The molecule has 0 aliphatic rings. The first-order valence-corrected chi connectivity index (χ1v) is 7.82. The van der Waals surface area contributed by atoms with Crippen LogP contribution in [-0.4, -0.2) is 33.1 Å². The maximum atomic E-state index is 13.4. The topological polar surface area (TPSA) is 97.2 Å². The summed E-state index contributed by atoms with van der Waals surface area (Å²) < 4.78 is 45.4. The Balaban J connectivity index is 2.04. The van der Waals surface area contributed by atoms with Crippen molar-refractivity contribution in [1.82, 2.24) is 15.0 Å². The molecule has 3 rings (SSSR count). The van der Waals surface area contributed by atoms with Crippen LogP contribution in [0.25, 0.3) is 11.3 Å². The second-order valence-electron chi connectivity index (χ2n) is 5.54. The number of halogens is 3. The van der Waals surface area contributed by atoms with Crippen molar-refractivity contribution in [2.24, 2.45) is 0 Å². The first kappa shape index (κ1) is 19.1. The first-order chi connectivity index (χ1) is 13.3. The summed E-state index contributed by atoms with van der Waals surface area (Å²) in [4.78, 5) is 22.5. The van der Waals surface area contributed by atoms with Gasteiger partial charge in [-0.3, -0.25) is 4.98 Å². The fraction of sp³-hybridized carbons (Fsp3) is 0.111. The molecule has 28 heavy (non-hydrogen) atoms. The lowest BCUT2D eigenvalue weighted by atomic mass is 10.1. The van der Waals surface area contributed by atoms with Gasteiger partial charge >= 0.3 is 12.1 Å². The van der Waals surface area contributed by atoms with Crippen LogP contribution in [0.15, 0.2) is 48.9 Å². The SMILES string of the molecule is COc1ccncc1-c1nc(Nc2ccc(C(=O)O)cc2)ncc1C(F)(F)F. The molecule has 0 aliphatic heterocycles. The van der Waals surface area contributed by atoms with E-state index in [2.05, 4.69) is 20.3 Å². The van der Waals surface area contributed by atoms with E-state index in [1.165, 1.54) is 49.8 Å². The molecule has 1 aromatic carbocycles. The monoisotopic (exact) mass is 390 g/mol. The van der Waals surface area contributed by atoms with E-state index >= 15 is 0 Å². The van der Waals surface area contributed by atoms with Crippen LogP contribution in [0.5, 0.6) is 5.75 Å². The van der Waals surface area contributed by atoms with Gasteiger partial charge < -0.3 is 15.2 Å². The number of pyridine rings is 1. The smallest absolute Gasteiger partial charge is 0.420 e. The van der Waals surface area contributed by atoms with Crippen LogP contribution >= 0.6 is 0 Å². The number of aromatic nitrogens is 3. The molecule has 0 atom stereocenters. The number of hydrogen-bond acceptors (Lipinski definition) is 6. The van der Waals surface area contributed by atoms with E-state index in [1.54, 1.807) is 0 Å². The van der Waals surface area contributed by atoms with Gasteiger partial charge in [0.25, 0.3) is 0 Å². The molecule has 0 saturated carbocycles. The average molecular weight is 390 g/mol. The van der Waals surface area contributed by atoms with E-state index < -0.39 is 23.4 Å². The minimum absolute atomic E-state index is 0.0593. The van der Waals surface area contributed by atoms with Crippen LogP contribution < -0.4 is 10.1 Å². The standard InChI is InChI=1S/C18H13F3N4O3/c1-28-14-6-7-22-8-12(14)15-13(18(19,20)21)9-23-17(25-15)24-11-4-2-10(3-5-11)16(26)27/h2-9H,1H3,(H,26,27)(H,23,24,25). The van der Waals surface area contributed by atoms with Gasteiger partial charge in [-0.2, -0.15) is 13.2 Å². The van der Waals surface area contributed by atoms with Gasteiger partial charge in [-0.25, -0.2) is 14.8 Å². The number of carboxylic acids is 1. The second kappa shape index (κ2) is 7.51. The number of ether oxygens (including phenoxy) is 1. The lowest BCUT2D eigenvalue weighted by Gasteiger charge is -2.15. The molecular weight excluding hydrogens is 377 g/mol. The molecule has 0 saturated heterocycles. The summed E-state index contributed by atoms with van der Waals surface area (Å²) in [5.74, 6) is -1.02. The third-order valence-electron chi connectivity index (χ3n) is 3.74. The number of nitrogens with one attached hydrogen (secondary N) is 1. The Labute approximate surface area is 156 Å². The van der Waals surface area contributed by atoms with E-state index in [4.69, 9.17) is 9.84 Å². The molecule has 0 amide bonds. The molecule has 144 valence electrons. The minimum atomic E-state index is -4.68. The third-order valence-corrected chi connectivity index (χ3v) is 3.74. The van der Waals surface area contributed by atoms with E-state index in [1.807, 2.05) is 0 Å². The van der Waals surface area contributed by atoms with Crippen LogP contribution in [0.4, 0.5) is 24.8 Å². The summed E-state index contributed by atoms with van der Waals surface area (Å²) in [6, 6.07) is 7.03. The largest absolute Gasteiger partial charge is 0.496 e. The Morgan fingerprint density at radius 1 is 1.14 bits per heavy atom. The van der Waals surface area contributed by atoms with Crippen LogP contribution in [0.2, 0.25) is 0 Å². The summed E-state index contributed by atoms with van der Waals surface area (Å²) in [5, 5.41) is 11.7. The van der Waals surface area contributed by atoms with Gasteiger partial charge in [-0.15, -0.1) is 0 Å². The Morgan fingerprint density at radius 2 is 1.86 bits per heavy atom. The molecule has 2 heterocycles. The fourth-order valence-electron chi connectivity index (χ4n) is 2.42. The number of nitrogens with zero attached hydrogens (tertiary/aromatic N) is 3. The number of carbonyl (C=O) groups is 1. The van der Waals surface area contributed by atoms with Crippen molar-refractivity contribution in [3.05, 3.63) is 60.0 Å². The Morgan fingerprint density at radius 3 is 2.46 bits per heavy atom. The fourth-order valence-corrected chi connectivity index (χ4v) is 2.42. The van der Waals surface area contributed by atoms with Gasteiger partial charge in [0.15, 0.2) is 0 Å². The number of methoxy groups -OCH3 is 1. The second-order valence-corrected chi connectivity index (χ2v) is 5.54. The molecule has 0 fully saturated rings. The Kier molecular flexibility index (Phi) is 5.12. The van der Waals surface area contributed by atoms with Crippen molar-refractivity contribution in [3.8, 4) is 17.0 Å². The zero-order valence-electron chi connectivity index (χ0n) is 14.4. The maximum absolute atomic E-state index is 13.4. The van der Waals surface area contributed by atoms with Crippen molar-refractivity contribution in [1.29, 1.82) is 0 Å². The number of anilines is 2. The van der Waals surface area contributed by atoms with Gasteiger partial charge in [0, 0.05) is 24.3 Å². The van der Waals surface area contributed by atoms with Crippen LogP contribution in [-0.2, 0) is 6.18 Å². The molecule has 3 aromatic rings. The normalized spacial score (nSPS) is 11.1. The highest BCUT2D eigenvalue weighted by Crippen LogP contribution is 2.39. The molecule has 0 aliphatic carbocycles. The molecule has 7 nitrogen and oxygen atoms in total. The Hall–Kier alpha value is -3.69. The van der Waals surface area contributed by atoms with E-state index in [0.717, 1.165) is 0 Å². The molecule has 0 unspecified atom stereocenters. The summed E-state index contributed by atoms with van der Waals surface area (Å²) in [7, 11) is 1.33. The van der Waals surface area contributed by atoms with Gasteiger partial charge in [-0.05, 0) is 30.3 Å². The zero-order valence-corrected chi connectivity index (χ0v) is 14.4. The first-order valence-electron chi connectivity index (χ1n) is 7.82. The van der Waals surface area contributed by atoms with Crippen molar-refractivity contribution in [3.63, 3.8) is 0 Å². The number of rotatable bonds is 5. The summed E-state index contributed by atoms with van der Waals surface area (Å²) in [6.07, 6.45) is -1.40. The number of hydrogen-bond donors (Lipinski definition) is 2. The van der Waals surface area contributed by atoms with Crippen LogP contribution in [0.3, 0.4) is 0 Å². The van der Waals surface area contributed by atoms with Gasteiger partial charge in [0.05, 0.1) is 23.9 Å². The zero-order chi connectivity index (χ0) is 20.3. The highest BCUT2D eigenvalue weighted by Gasteiger charge is 2.36. The molecule has 2 N–H and O–H groups in total. The van der Waals surface area contributed by atoms with E-state index in [9.17, 15) is 18.0 Å². The van der Waals surface area contributed by atoms with Crippen molar-refractivity contribution >= 4 is 17.6 Å². The lowest BCUT2D eigenvalue weighted by molar-refractivity contribution is -0.137. The highest BCUT2D eigenvalue weighted by atomic mass is 19.4. The molecule has 0 bridgehead atoms. The number of aromatic carboxylic acids is 1. The van der Waals surface area contributed by atoms with E-state index in [-0.39, 0.29) is 22.8 Å². The van der Waals surface area contributed by atoms with Crippen LogP contribution in [0.1, 0.15) is 15.9 Å². The van der Waals surface area contributed by atoms with Gasteiger partial charge in [-0.1, -0.05) is 0 Å². The molecule has 10 heteroatoms. The predicted octanol–water partition coefficient (Wildman–Crippen LogP) is 4.01. The Bertz CT molecular complexity index is 1010. The molecule has 0 spiro atoms. The number of alkyl halides is 3. The van der Waals surface area contributed by atoms with Crippen molar-refractivity contribution in [2.75, 3.05) is 12.4 Å². The number of carboxylic acid groups (broad SMARTS) is 1. The molecule has 0 radical (unpaired) electrons. The summed E-state index contributed by atoms with van der Waals surface area (Å²) in [5.41, 5.74) is -0.889. The molecule has 2 aromatic heterocycles. The lowest BCUT2D eigenvalue weighted by Crippen LogP contribution is -2.11. The quantitative estimate of drug-likeness (QED) is 0.679. The number of benzene rings is 1.